The molecule has 0 atom stereocenters. The Morgan fingerprint density at radius 3 is 2.21 bits per heavy atom. The number of anilines is 1. The summed E-state index contributed by atoms with van der Waals surface area (Å²) in [5.41, 5.74) is 5.25. The normalized spacial score (nSPS) is 10.6. The highest BCUT2D eigenvalue weighted by molar-refractivity contribution is 5.97. The van der Waals surface area contributed by atoms with Crippen LogP contribution in [0.4, 0.5) is 5.69 Å². The SMILES string of the molecule is CCN(CC)C(=O)c1ccc(NC(=O)COC(=O)c2cc(C)n(-c3ccccc3C)c2C)cc1. The first-order valence-electron chi connectivity index (χ1n) is 11.4. The largest absolute Gasteiger partial charge is 0.452 e. The number of para-hydroxylation sites is 1. The van der Waals surface area contributed by atoms with E-state index in [-0.39, 0.29) is 5.91 Å². The third-order valence-electron chi connectivity index (χ3n) is 5.81. The van der Waals surface area contributed by atoms with E-state index in [1.165, 1.54) is 0 Å². The van der Waals surface area contributed by atoms with Crippen LogP contribution in [0.15, 0.2) is 54.6 Å². The van der Waals surface area contributed by atoms with Crippen molar-refractivity contribution < 1.29 is 19.1 Å². The van der Waals surface area contributed by atoms with Crippen LogP contribution >= 0.6 is 0 Å². The van der Waals surface area contributed by atoms with Gasteiger partial charge in [0.05, 0.1) is 5.56 Å². The number of carbonyl (C=O) groups is 3. The maximum absolute atomic E-state index is 12.7. The quantitative estimate of drug-likeness (QED) is 0.494. The average Bonchev–Trinajstić information content (AvgIpc) is 3.13. The van der Waals surface area contributed by atoms with Gasteiger partial charge >= 0.3 is 5.97 Å². The molecule has 7 heteroatoms. The summed E-state index contributed by atoms with van der Waals surface area (Å²) in [7, 11) is 0. The molecule has 3 rings (SSSR count). The third-order valence-corrected chi connectivity index (χ3v) is 5.81. The van der Waals surface area contributed by atoms with Gasteiger partial charge in [-0.3, -0.25) is 9.59 Å². The van der Waals surface area contributed by atoms with Crippen LogP contribution in [0.3, 0.4) is 0 Å². The highest BCUT2D eigenvalue weighted by atomic mass is 16.5. The van der Waals surface area contributed by atoms with Gasteiger partial charge in [0.2, 0.25) is 0 Å². The molecule has 3 aromatic rings. The number of aryl methyl sites for hydroxylation is 2. The Labute approximate surface area is 200 Å². The van der Waals surface area contributed by atoms with Crippen LogP contribution in [0, 0.1) is 20.8 Å². The monoisotopic (exact) mass is 461 g/mol. The van der Waals surface area contributed by atoms with Crippen molar-refractivity contribution in [3.63, 3.8) is 0 Å². The van der Waals surface area contributed by atoms with Crippen LogP contribution in [0.2, 0.25) is 0 Å². The van der Waals surface area contributed by atoms with E-state index in [0.29, 0.717) is 29.9 Å². The molecule has 178 valence electrons. The van der Waals surface area contributed by atoms with Crippen LogP contribution < -0.4 is 5.32 Å². The van der Waals surface area contributed by atoms with Crippen molar-refractivity contribution in [2.75, 3.05) is 25.0 Å². The molecule has 0 aliphatic heterocycles. The standard InChI is InChI=1S/C27H31N3O4/c1-6-29(7-2)26(32)21-12-14-22(15-13-21)28-25(31)17-34-27(33)23-16-19(4)30(20(23)5)24-11-9-8-10-18(24)3/h8-16H,6-7,17H2,1-5H3,(H,28,31). The molecule has 1 N–H and O–H groups in total. The number of esters is 1. The molecule has 0 aliphatic carbocycles. The molecule has 0 aliphatic rings. The van der Waals surface area contributed by atoms with E-state index < -0.39 is 18.5 Å². The van der Waals surface area contributed by atoms with Gasteiger partial charge in [-0.25, -0.2) is 4.79 Å². The summed E-state index contributed by atoms with van der Waals surface area (Å²) in [6.45, 7) is 10.5. The van der Waals surface area contributed by atoms with Gasteiger partial charge in [-0.15, -0.1) is 0 Å². The molecule has 1 aromatic heterocycles. The molecule has 1 heterocycles. The van der Waals surface area contributed by atoms with Crippen LogP contribution in [0.5, 0.6) is 0 Å². The van der Waals surface area contributed by atoms with Gasteiger partial charge in [-0.1, -0.05) is 18.2 Å². The van der Waals surface area contributed by atoms with Crippen LogP contribution in [-0.2, 0) is 9.53 Å². The number of ether oxygens (including phenoxy) is 1. The molecule has 0 unspecified atom stereocenters. The Bertz CT molecular complexity index is 1190. The lowest BCUT2D eigenvalue weighted by Crippen LogP contribution is -2.30. The maximum atomic E-state index is 12.7. The number of nitrogens with one attached hydrogen (secondary N) is 1. The Morgan fingerprint density at radius 1 is 0.941 bits per heavy atom. The van der Waals surface area contributed by atoms with Gasteiger partial charge < -0.3 is 19.5 Å². The second-order valence-electron chi connectivity index (χ2n) is 8.09. The maximum Gasteiger partial charge on any atom is 0.340 e. The van der Waals surface area contributed by atoms with Crippen molar-refractivity contribution in [1.82, 2.24) is 9.47 Å². The van der Waals surface area contributed by atoms with Crippen LogP contribution in [0.25, 0.3) is 5.69 Å². The van der Waals surface area contributed by atoms with Crippen molar-refractivity contribution in [2.24, 2.45) is 0 Å². The predicted molar refractivity (Wildman–Crippen MR) is 133 cm³/mol. The second-order valence-corrected chi connectivity index (χ2v) is 8.09. The molecule has 0 radical (unpaired) electrons. The molecule has 2 aromatic carbocycles. The molecule has 34 heavy (non-hydrogen) atoms. The molecular weight excluding hydrogens is 430 g/mol. The average molecular weight is 462 g/mol. The van der Waals surface area contributed by atoms with E-state index in [1.54, 1.807) is 35.2 Å². The first-order valence-corrected chi connectivity index (χ1v) is 11.4. The van der Waals surface area contributed by atoms with Gasteiger partial charge in [0.1, 0.15) is 0 Å². The van der Waals surface area contributed by atoms with E-state index in [0.717, 1.165) is 22.6 Å². The van der Waals surface area contributed by atoms with Crippen molar-refractivity contribution in [3.8, 4) is 5.69 Å². The number of rotatable bonds is 8. The summed E-state index contributed by atoms with van der Waals surface area (Å²) in [5, 5.41) is 2.69. The molecule has 0 saturated carbocycles. The molecule has 0 bridgehead atoms. The minimum absolute atomic E-state index is 0.0555. The fraction of sp³-hybridized carbons (Fsp3) is 0.296. The van der Waals surface area contributed by atoms with E-state index in [1.807, 2.05) is 63.5 Å². The first kappa shape index (κ1) is 24.8. The number of amides is 2. The summed E-state index contributed by atoms with van der Waals surface area (Å²) in [6, 6.07) is 16.4. The number of carbonyl (C=O) groups excluding carboxylic acids is 3. The Morgan fingerprint density at radius 2 is 1.59 bits per heavy atom. The summed E-state index contributed by atoms with van der Waals surface area (Å²) >= 11 is 0. The Hall–Kier alpha value is -3.87. The van der Waals surface area contributed by atoms with Gasteiger partial charge in [-0.2, -0.15) is 0 Å². The van der Waals surface area contributed by atoms with Gasteiger partial charge in [0, 0.05) is 41.4 Å². The zero-order valence-electron chi connectivity index (χ0n) is 20.3. The highest BCUT2D eigenvalue weighted by Crippen LogP contribution is 2.23. The van der Waals surface area contributed by atoms with Crippen LogP contribution in [0.1, 0.15) is 51.5 Å². The summed E-state index contributed by atoms with van der Waals surface area (Å²) in [6.07, 6.45) is 0. The summed E-state index contributed by atoms with van der Waals surface area (Å²) in [4.78, 5) is 39.1. The van der Waals surface area contributed by atoms with Crippen molar-refractivity contribution in [2.45, 2.75) is 34.6 Å². The number of hydrogen-bond acceptors (Lipinski definition) is 4. The summed E-state index contributed by atoms with van der Waals surface area (Å²) < 4.78 is 7.28. The van der Waals surface area contributed by atoms with E-state index >= 15 is 0 Å². The second kappa shape index (κ2) is 10.8. The molecular formula is C27H31N3O4. The smallest absolute Gasteiger partial charge is 0.340 e. The Kier molecular flexibility index (Phi) is 7.89. The van der Waals surface area contributed by atoms with Gasteiger partial charge in [0.15, 0.2) is 6.61 Å². The van der Waals surface area contributed by atoms with Crippen molar-refractivity contribution in [3.05, 3.63) is 82.7 Å². The van der Waals surface area contributed by atoms with E-state index in [4.69, 9.17) is 4.74 Å². The fourth-order valence-corrected chi connectivity index (χ4v) is 3.95. The zero-order chi connectivity index (χ0) is 24.8. The van der Waals surface area contributed by atoms with Gasteiger partial charge in [-0.05, 0) is 76.6 Å². The molecule has 0 spiro atoms. The molecule has 2 amide bonds. The number of benzene rings is 2. The highest BCUT2D eigenvalue weighted by Gasteiger charge is 2.20. The third kappa shape index (κ3) is 5.36. The molecule has 7 nitrogen and oxygen atoms in total. The molecule has 0 saturated heterocycles. The van der Waals surface area contributed by atoms with E-state index in [2.05, 4.69) is 5.32 Å². The van der Waals surface area contributed by atoms with E-state index in [9.17, 15) is 14.4 Å². The molecule has 0 fully saturated rings. The Balaban J connectivity index is 1.62. The van der Waals surface area contributed by atoms with Crippen molar-refractivity contribution in [1.29, 1.82) is 0 Å². The number of aromatic nitrogens is 1. The van der Waals surface area contributed by atoms with Crippen molar-refractivity contribution >= 4 is 23.5 Å². The lowest BCUT2D eigenvalue weighted by atomic mass is 10.2. The lowest BCUT2D eigenvalue weighted by Gasteiger charge is -2.18. The number of nitrogens with zero attached hydrogens (tertiary/aromatic N) is 2. The lowest BCUT2D eigenvalue weighted by molar-refractivity contribution is -0.119. The first-order chi connectivity index (χ1) is 16.3. The predicted octanol–water partition coefficient (Wildman–Crippen LogP) is 4.68. The zero-order valence-corrected chi connectivity index (χ0v) is 20.3. The van der Waals surface area contributed by atoms with Gasteiger partial charge in [0.25, 0.3) is 11.8 Å². The minimum atomic E-state index is -0.553. The van der Waals surface area contributed by atoms with Crippen LogP contribution in [-0.4, -0.2) is 46.9 Å². The minimum Gasteiger partial charge on any atom is -0.452 e. The summed E-state index contributed by atoms with van der Waals surface area (Å²) in [5.74, 6) is -1.06. The fourth-order valence-electron chi connectivity index (χ4n) is 3.95. The topological polar surface area (TPSA) is 80.6 Å². The number of hydrogen-bond donors (Lipinski definition) is 1.